The van der Waals surface area contributed by atoms with Gasteiger partial charge in [-0.15, -0.1) is 0 Å². The van der Waals surface area contributed by atoms with Crippen LogP contribution in [0.2, 0.25) is 0 Å². The molecular formula is C8H11BrFN3. The first-order valence-electron chi connectivity index (χ1n) is 3.77. The van der Waals surface area contributed by atoms with E-state index in [1.165, 1.54) is 6.07 Å². The fourth-order valence-electron chi connectivity index (χ4n) is 1.06. The number of nitrogens with one attached hydrogen (secondary N) is 2. The van der Waals surface area contributed by atoms with Crippen molar-refractivity contribution in [2.45, 2.75) is 6.17 Å². The summed E-state index contributed by atoms with van der Waals surface area (Å²) in [5.74, 6) is 4.95. The van der Waals surface area contributed by atoms with E-state index in [0.29, 0.717) is 5.56 Å². The zero-order chi connectivity index (χ0) is 9.84. The molecule has 1 atom stereocenters. The Balaban J connectivity index is 3.03. The van der Waals surface area contributed by atoms with Crippen molar-refractivity contribution in [2.75, 3.05) is 7.05 Å². The Labute approximate surface area is 84.6 Å². The molecule has 4 N–H and O–H groups in total. The molecule has 1 unspecified atom stereocenters. The molecule has 13 heavy (non-hydrogen) atoms. The van der Waals surface area contributed by atoms with Crippen molar-refractivity contribution >= 4 is 15.9 Å². The molecule has 72 valence electrons. The van der Waals surface area contributed by atoms with Crippen molar-refractivity contribution in [3.8, 4) is 0 Å². The van der Waals surface area contributed by atoms with Crippen molar-refractivity contribution in [3.05, 3.63) is 34.1 Å². The lowest BCUT2D eigenvalue weighted by Crippen LogP contribution is -2.37. The Morgan fingerprint density at radius 3 is 2.77 bits per heavy atom. The Morgan fingerprint density at radius 2 is 2.23 bits per heavy atom. The second-order valence-corrected chi connectivity index (χ2v) is 3.47. The van der Waals surface area contributed by atoms with Gasteiger partial charge in [-0.25, -0.2) is 9.82 Å². The number of benzene rings is 1. The maximum absolute atomic E-state index is 13.2. The molecule has 0 spiro atoms. The van der Waals surface area contributed by atoms with Gasteiger partial charge in [-0.1, -0.05) is 15.9 Å². The van der Waals surface area contributed by atoms with Crippen LogP contribution in [0.1, 0.15) is 11.7 Å². The monoisotopic (exact) mass is 247 g/mol. The quantitative estimate of drug-likeness (QED) is 0.429. The van der Waals surface area contributed by atoms with E-state index >= 15 is 0 Å². The number of rotatable bonds is 3. The molecule has 0 saturated heterocycles. The lowest BCUT2D eigenvalue weighted by atomic mass is 10.1. The predicted octanol–water partition coefficient (Wildman–Crippen LogP) is 1.27. The third kappa shape index (κ3) is 2.47. The van der Waals surface area contributed by atoms with E-state index in [0.717, 1.165) is 4.47 Å². The highest BCUT2D eigenvalue weighted by molar-refractivity contribution is 9.10. The Kier molecular flexibility index (Phi) is 3.80. The third-order valence-corrected chi connectivity index (χ3v) is 2.22. The molecule has 0 aliphatic rings. The van der Waals surface area contributed by atoms with E-state index in [2.05, 4.69) is 26.7 Å². The molecule has 0 aliphatic heterocycles. The minimum Gasteiger partial charge on any atom is -0.300 e. The van der Waals surface area contributed by atoms with Crippen LogP contribution in [0, 0.1) is 5.82 Å². The van der Waals surface area contributed by atoms with Crippen LogP contribution in [0.4, 0.5) is 4.39 Å². The van der Waals surface area contributed by atoms with E-state index in [4.69, 9.17) is 5.84 Å². The number of nitrogens with two attached hydrogens (primary N) is 1. The van der Waals surface area contributed by atoms with Gasteiger partial charge in [0.15, 0.2) is 0 Å². The van der Waals surface area contributed by atoms with Crippen LogP contribution in [0.25, 0.3) is 0 Å². The largest absolute Gasteiger partial charge is 0.300 e. The zero-order valence-electron chi connectivity index (χ0n) is 7.14. The number of halogens is 2. The van der Waals surface area contributed by atoms with Gasteiger partial charge in [0.2, 0.25) is 0 Å². The summed E-state index contributed by atoms with van der Waals surface area (Å²) in [4.78, 5) is 0. The summed E-state index contributed by atoms with van der Waals surface area (Å²) in [6, 6.07) is 4.71. The molecule has 5 heteroatoms. The SMILES string of the molecule is CNC(NN)c1cc(Br)ccc1F. The topological polar surface area (TPSA) is 50.1 Å². The molecule has 0 fully saturated rings. The molecule has 0 saturated carbocycles. The molecule has 1 rings (SSSR count). The second-order valence-electron chi connectivity index (χ2n) is 2.55. The van der Waals surface area contributed by atoms with Crippen LogP contribution in [-0.4, -0.2) is 7.05 Å². The standard InChI is InChI=1S/C8H11BrFN3/c1-12-8(13-11)6-4-5(9)2-3-7(6)10/h2-4,8,12-13H,11H2,1H3. The molecule has 0 heterocycles. The van der Waals surface area contributed by atoms with Crippen molar-refractivity contribution < 1.29 is 4.39 Å². The van der Waals surface area contributed by atoms with E-state index < -0.39 is 0 Å². The highest BCUT2D eigenvalue weighted by Gasteiger charge is 2.11. The number of hydrogen-bond acceptors (Lipinski definition) is 3. The van der Waals surface area contributed by atoms with Crippen molar-refractivity contribution in [1.82, 2.24) is 10.7 Å². The molecule has 3 nitrogen and oxygen atoms in total. The van der Waals surface area contributed by atoms with Crippen LogP contribution in [0.3, 0.4) is 0 Å². The molecular weight excluding hydrogens is 237 g/mol. The van der Waals surface area contributed by atoms with Crippen LogP contribution in [0.15, 0.2) is 22.7 Å². The summed E-state index contributed by atoms with van der Waals surface area (Å²) in [5.41, 5.74) is 2.95. The summed E-state index contributed by atoms with van der Waals surface area (Å²) in [6.45, 7) is 0. The normalized spacial score (nSPS) is 12.9. The number of hydrazine groups is 1. The molecule has 0 bridgehead atoms. The van der Waals surface area contributed by atoms with Gasteiger partial charge in [0, 0.05) is 10.0 Å². The van der Waals surface area contributed by atoms with Crippen molar-refractivity contribution in [1.29, 1.82) is 0 Å². The highest BCUT2D eigenvalue weighted by Crippen LogP contribution is 2.19. The first kappa shape index (κ1) is 10.6. The lowest BCUT2D eigenvalue weighted by Gasteiger charge is -2.15. The highest BCUT2D eigenvalue weighted by atomic mass is 79.9. The fraction of sp³-hybridized carbons (Fsp3) is 0.250. The van der Waals surface area contributed by atoms with Gasteiger partial charge >= 0.3 is 0 Å². The van der Waals surface area contributed by atoms with Gasteiger partial charge in [-0.2, -0.15) is 0 Å². The summed E-state index contributed by atoms with van der Waals surface area (Å²) in [5, 5.41) is 2.84. The molecule has 0 aliphatic carbocycles. The first-order valence-corrected chi connectivity index (χ1v) is 4.56. The van der Waals surface area contributed by atoms with Crippen LogP contribution >= 0.6 is 15.9 Å². The van der Waals surface area contributed by atoms with Crippen LogP contribution < -0.4 is 16.6 Å². The molecule has 0 radical (unpaired) electrons. The van der Waals surface area contributed by atoms with E-state index in [1.807, 2.05) is 0 Å². The van der Waals surface area contributed by atoms with Gasteiger partial charge in [0.25, 0.3) is 0 Å². The molecule has 1 aromatic rings. The molecule has 0 amide bonds. The smallest absolute Gasteiger partial charge is 0.129 e. The Morgan fingerprint density at radius 1 is 1.54 bits per heavy atom. The fourth-order valence-corrected chi connectivity index (χ4v) is 1.44. The van der Waals surface area contributed by atoms with E-state index in [1.54, 1.807) is 19.2 Å². The molecule has 1 aromatic carbocycles. The van der Waals surface area contributed by atoms with Gasteiger partial charge in [0.1, 0.15) is 5.82 Å². The van der Waals surface area contributed by atoms with Gasteiger partial charge < -0.3 is 5.32 Å². The number of hydrogen-bond donors (Lipinski definition) is 3. The minimum atomic E-state index is -0.377. The summed E-state index contributed by atoms with van der Waals surface area (Å²) < 4.78 is 14.1. The van der Waals surface area contributed by atoms with Crippen LogP contribution in [-0.2, 0) is 0 Å². The van der Waals surface area contributed by atoms with E-state index in [-0.39, 0.29) is 12.0 Å². The maximum atomic E-state index is 13.2. The van der Waals surface area contributed by atoms with Gasteiger partial charge in [-0.3, -0.25) is 5.84 Å². The van der Waals surface area contributed by atoms with Crippen molar-refractivity contribution in [3.63, 3.8) is 0 Å². The lowest BCUT2D eigenvalue weighted by molar-refractivity contribution is 0.462. The zero-order valence-corrected chi connectivity index (χ0v) is 8.73. The maximum Gasteiger partial charge on any atom is 0.129 e. The van der Waals surface area contributed by atoms with Crippen molar-refractivity contribution in [2.24, 2.45) is 5.84 Å². The van der Waals surface area contributed by atoms with Crippen LogP contribution in [0.5, 0.6) is 0 Å². The summed E-state index contributed by atoms with van der Waals surface area (Å²) in [7, 11) is 1.70. The first-order chi connectivity index (χ1) is 6.19. The summed E-state index contributed by atoms with van der Waals surface area (Å²) in [6.07, 6.45) is -0.377. The third-order valence-electron chi connectivity index (χ3n) is 1.72. The summed E-state index contributed by atoms with van der Waals surface area (Å²) >= 11 is 3.26. The second kappa shape index (κ2) is 4.66. The average Bonchev–Trinajstić information content (AvgIpc) is 2.13. The average molecular weight is 248 g/mol. The van der Waals surface area contributed by atoms with E-state index in [9.17, 15) is 4.39 Å². The molecule has 0 aromatic heterocycles. The van der Waals surface area contributed by atoms with Gasteiger partial charge in [-0.05, 0) is 25.2 Å². The minimum absolute atomic E-state index is 0.291. The van der Waals surface area contributed by atoms with Gasteiger partial charge in [0.05, 0.1) is 6.17 Å². The Bertz CT molecular complexity index is 289. The Hall–Kier alpha value is -0.490. The predicted molar refractivity (Wildman–Crippen MR) is 53.2 cm³/mol.